The summed E-state index contributed by atoms with van der Waals surface area (Å²) in [5.74, 6) is 0.244. The first kappa shape index (κ1) is 24.7. The number of aliphatic hydroxyl groups excluding tert-OH is 1. The van der Waals surface area contributed by atoms with Crippen molar-refractivity contribution in [3.05, 3.63) is 30.0 Å². The van der Waals surface area contributed by atoms with Crippen LogP contribution >= 0.6 is 0 Å². The van der Waals surface area contributed by atoms with E-state index in [1.807, 2.05) is 13.8 Å². The lowest BCUT2D eigenvalue weighted by molar-refractivity contribution is -0.137. The molecule has 1 saturated carbocycles. The number of primary amides is 1. The fourth-order valence-corrected chi connectivity index (χ4v) is 5.33. The molecule has 186 valence electrons. The zero-order valence-corrected chi connectivity index (χ0v) is 19.5. The standard InChI is InChI=1S/C24H32F3N5O2/c1-14(2)22(34)15-4-7-18(8-5-15)31-11-19(12-31)32(13-21(28)33)23-20-9-17(24(25,26)27)6-3-16(20)10-29-30-23/h3,6,9-10,14-15,18-19,22,34H,4-5,7-8,11-13H2,1-2H3,(H2,28,33)/t15?,18?,22-/m0/s1. The van der Waals surface area contributed by atoms with Gasteiger partial charge in [0.05, 0.1) is 30.5 Å². The van der Waals surface area contributed by atoms with Gasteiger partial charge >= 0.3 is 6.18 Å². The Morgan fingerprint density at radius 1 is 1.24 bits per heavy atom. The molecule has 1 aromatic heterocycles. The largest absolute Gasteiger partial charge is 0.416 e. The van der Waals surface area contributed by atoms with Gasteiger partial charge < -0.3 is 15.7 Å². The Hall–Kier alpha value is -2.46. The summed E-state index contributed by atoms with van der Waals surface area (Å²) in [4.78, 5) is 15.9. The molecule has 2 fully saturated rings. The monoisotopic (exact) mass is 479 g/mol. The van der Waals surface area contributed by atoms with Crippen molar-refractivity contribution in [2.24, 2.45) is 17.6 Å². The van der Waals surface area contributed by atoms with Gasteiger partial charge in [0.15, 0.2) is 5.82 Å². The highest BCUT2D eigenvalue weighted by molar-refractivity contribution is 5.93. The fraction of sp³-hybridized carbons (Fsp3) is 0.625. The normalized spacial score (nSPS) is 23.1. The van der Waals surface area contributed by atoms with E-state index in [0.29, 0.717) is 35.8 Å². The molecule has 3 N–H and O–H groups in total. The number of halogens is 3. The van der Waals surface area contributed by atoms with Gasteiger partial charge in [-0.25, -0.2) is 0 Å². The minimum absolute atomic E-state index is 0.0964. The number of carbonyl (C=O) groups excluding carboxylic acids is 1. The van der Waals surface area contributed by atoms with Gasteiger partial charge in [-0.1, -0.05) is 19.9 Å². The Kier molecular flexibility index (Phi) is 7.00. The number of hydrogen-bond donors (Lipinski definition) is 2. The van der Waals surface area contributed by atoms with E-state index in [0.717, 1.165) is 37.8 Å². The zero-order valence-electron chi connectivity index (χ0n) is 19.5. The van der Waals surface area contributed by atoms with Crippen LogP contribution in [0.2, 0.25) is 0 Å². The van der Waals surface area contributed by atoms with Crippen molar-refractivity contribution in [3.8, 4) is 0 Å². The molecule has 4 rings (SSSR count). The number of benzene rings is 1. The molecular weight excluding hydrogens is 447 g/mol. The smallest absolute Gasteiger partial charge is 0.393 e. The van der Waals surface area contributed by atoms with Crippen LogP contribution in [0.5, 0.6) is 0 Å². The first-order valence-corrected chi connectivity index (χ1v) is 11.8. The molecule has 2 heterocycles. The number of likely N-dealkylation sites (tertiary alicyclic amines) is 1. The number of hydrogen-bond acceptors (Lipinski definition) is 6. The Balaban J connectivity index is 1.49. The van der Waals surface area contributed by atoms with Crippen LogP contribution in [0.4, 0.5) is 19.0 Å². The Morgan fingerprint density at radius 3 is 2.50 bits per heavy atom. The lowest BCUT2D eigenvalue weighted by Crippen LogP contribution is -2.64. The highest BCUT2D eigenvalue weighted by atomic mass is 19.4. The van der Waals surface area contributed by atoms with E-state index in [4.69, 9.17) is 5.73 Å². The lowest BCUT2D eigenvalue weighted by Gasteiger charge is -2.50. The van der Waals surface area contributed by atoms with E-state index >= 15 is 0 Å². The number of carbonyl (C=O) groups is 1. The fourth-order valence-electron chi connectivity index (χ4n) is 5.33. The Morgan fingerprint density at radius 2 is 1.91 bits per heavy atom. The van der Waals surface area contributed by atoms with Crippen molar-refractivity contribution in [2.45, 2.75) is 63.9 Å². The zero-order chi connectivity index (χ0) is 24.6. The number of anilines is 1. The third-order valence-electron chi connectivity index (χ3n) is 7.32. The SMILES string of the molecule is CC(C)[C@H](O)C1CCC(N2CC(N(CC(N)=O)c3nncc4ccc(C(F)(F)F)cc34)C2)CC1. The average Bonchev–Trinajstić information content (AvgIpc) is 2.75. The van der Waals surface area contributed by atoms with Crippen molar-refractivity contribution in [2.75, 3.05) is 24.5 Å². The van der Waals surface area contributed by atoms with Crippen molar-refractivity contribution in [3.63, 3.8) is 0 Å². The highest BCUT2D eigenvalue weighted by Gasteiger charge is 2.40. The molecule has 1 saturated heterocycles. The molecule has 0 radical (unpaired) electrons. The van der Waals surface area contributed by atoms with Crippen LogP contribution in [0.1, 0.15) is 45.1 Å². The molecule has 34 heavy (non-hydrogen) atoms. The first-order valence-electron chi connectivity index (χ1n) is 11.8. The molecule has 0 unspecified atom stereocenters. The van der Waals surface area contributed by atoms with Crippen molar-refractivity contribution < 1.29 is 23.1 Å². The van der Waals surface area contributed by atoms with E-state index in [1.54, 1.807) is 4.90 Å². The van der Waals surface area contributed by atoms with Crippen LogP contribution in [0.15, 0.2) is 24.4 Å². The summed E-state index contributed by atoms with van der Waals surface area (Å²) < 4.78 is 40.0. The minimum atomic E-state index is -4.49. The Bertz CT molecular complexity index is 1020. The average molecular weight is 480 g/mol. The number of nitrogens with zero attached hydrogens (tertiary/aromatic N) is 4. The van der Waals surface area contributed by atoms with Crippen LogP contribution < -0.4 is 10.6 Å². The summed E-state index contributed by atoms with van der Waals surface area (Å²) in [6.45, 7) is 5.28. The number of alkyl halides is 3. The van der Waals surface area contributed by atoms with Gasteiger partial charge in [0, 0.05) is 29.9 Å². The number of aromatic nitrogens is 2. The van der Waals surface area contributed by atoms with Crippen LogP contribution in [0.3, 0.4) is 0 Å². The summed E-state index contributed by atoms with van der Waals surface area (Å²) in [5.41, 5.74) is 4.72. The second-order valence-corrected chi connectivity index (χ2v) is 9.97. The third-order valence-corrected chi connectivity index (χ3v) is 7.32. The maximum absolute atomic E-state index is 13.3. The molecule has 2 aliphatic rings. The van der Waals surface area contributed by atoms with Gasteiger partial charge in [-0.3, -0.25) is 9.69 Å². The predicted molar refractivity (Wildman–Crippen MR) is 123 cm³/mol. The number of nitrogens with two attached hydrogens (primary N) is 1. The topological polar surface area (TPSA) is 95.6 Å². The molecule has 0 bridgehead atoms. The number of rotatable bonds is 7. The molecule has 1 aliphatic carbocycles. The number of fused-ring (bicyclic) bond motifs is 1. The molecular formula is C24H32F3N5O2. The van der Waals surface area contributed by atoms with Gasteiger partial charge in [-0.15, -0.1) is 5.10 Å². The van der Waals surface area contributed by atoms with Gasteiger partial charge in [0.25, 0.3) is 0 Å². The molecule has 1 atom stereocenters. The van der Waals surface area contributed by atoms with Crippen LogP contribution in [-0.2, 0) is 11.0 Å². The maximum Gasteiger partial charge on any atom is 0.416 e. The lowest BCUT2D eigenvalue weighted by atomic mass is 9.78. The highest BCUT2D eigenvalue weighted by Crippen LogP contribution is 2.37. The number of aliphatic hydroxyl groups is 1. The van der Waals surface area contributed by atoms with E-state index < -0.39 is 17.6 Å². The summed E-state index contributed by atoms with van der Waals surface area (Å²) in [6.07, 6.45) is 0.607. The van der Waals surface area contributed by atoms with Gasteiger partial charge in [0.1, 0.15) is 0 Å². The van der Waals surface area contributed by atoms with Crippen LogP contribution in [-0.4, -0.2) is 63.9 Å². The molecule has 0 spiro atoms. The Labute approximate surface area is 197 Å². The van der Waals surface area contributed by atoms with E-state index in [9.17, 15) is 23.1 Å². The van der Waals surface area contributed by atoms with Crippen LogP contribution in [0, 0.1) is 11.8 Å². The summed E-state index contributed by atoms with van der Waals surface area (Å²) in [6, 6.07) is 3.75. The second-order valence-electron chi connectivity index (χ2n) is 9.97. The van der Waals surface area contributed by atoms with E-state index in [-0.39, 0.29) is 30.4 Å². The third kappa shape index (κ3) is 5.12. The predicted octanol–water partition coefficient (Wildman–Crippen LogP) is 3.20. The van der Waals surface area contributed by atoms with Crippen molar-refractivity contribution >= 4 is 22.5 Å². The molecule has 2 aromatic rings. The van der Waals surface area contributed by atoms with E-state index in [1.165, 1.54) is 12.3 Å². The van der Waals surface area contributed by atoms with Gasteiger partial charge in [-0.2, -0.15) is 18.3 Å². The second kappa shape index (κ2) is 9.65. The summed E-state index contributed by atoms with van der Waals surface area (Å²) >= 11 is 0. The quantitative estimate of drug-likeness (QED) is 0.633. The first-order chi connectivity index (χ1) is 16.0. The molecule has 1 amide bonds. The molecule has 1 aliphatic heterocycles. The molecule has 1 aromatic carbocycles. The maximum atomic E-state index is 13.3. The van der Waals surface area contributed by atoms with Gasteiger partial charge in [-0.05, 0) is 49.7 Å². The molecule has 10 heteroatoms. The van der Waals surface area contributed by atoms with Crippen LogP contribution in [0.25, 0.3) is 10.8 Å². The van der Waals surface area contributed by atoms with Gasteiger partial charge in [0.2, 0.25) is 5.91 Å². The van der Waals surface area contributed by atoms with Crippen molar-refractivity contribution in [1.29, 1.82) is 0 Å². The molecule has 7 nitrogen and oxygen atoms in total. The summed E-state index contributed by atoms with van der Waals surface area (Å²) in [5, 5.41) is 19.3. The minimum Gasteiger partial charge on any atom is -0.393 e. The number of amides is 1. The van der Waals surface area contributed by atoms with E-state index in [2.05, 4.69) is 15.1 Å². The van der Waals surface area contributed by atoms with Crippen molar-refractivity contribution in [1.82, 2.24) is 15.1 Å². The summed E-state index contributed by atoms with van der Waals surface area (Å²) in [7, 11) is 0.